The Kier molecular flexibility index (Phi) is 7.11. The Hall–Kier alpha value is -3.26. The number of benzene rings is 2. The predicted octanol–water partition coefficient (Wildman–Crippen LogP) is 3.53. The third-order valence-electron chi connectivity index (χ3n) is 5.10. The van der Waals surface area contributed by atoms with Crippen LogP contribution in [0.2, 0.25) is 0 Å². The van der Waals surface area contributed by atoms with E-state index in [2.05, 4.69) is 15.7 Å². The highest BCUT2D eigenvalue weighted by molar-refractivity contribution is 7.98. The fourth-order valence-corrected chi connectivity index (χ4v) is 4.58. The van der Waals surface area contributed by atoms with Crippen molar-refractivity contribution in [3.8, 4) is 5.75 Å². The number of carbonyl (C=O) groups is 2. The fraction of sp³-hybridized carbons (Fsp3) is 0.292. The van der Waals surface area contributed by atoms with E-state index in [0.29, 0.717) is 19.0 Å². The van der Waals surface area contributed by atoms with Crippen LogP contribution in [-0.2, 0) is 40.6 Å². The second-order valence-electron chi connectivity index (χ2n) is 7.49. The number of fused-ring (bicyclic) bond motifs is 1. The van der Waals surface area contributed by atoms with Gasteiger partial charge in [0.25, 0.3) is 0 Å². The first-order valence-corrected chi connectivity index (χ1v) is 11.8. The van der Waals surface area contributed by atoms with Crippen LogP contribution in [0, 0.1) is 0 Å². The minimum Gasteiger partial charge on any atom is -0.494 e. The lowest BCUT2D eigenvalue weighted by Gasteiger charge is -2.12. The molecule has 0 atom stereocenters. The molecule has 2 aromatic carbocycles. The van der Waals surface area contributed by atoms with Crippen molar-refractivity contribution in [3.63, 3.8) is 0 Å². The lowest BCUT2D eigenvalue weighted by atomic mass is 10.1. The van der Waals surface area contributed by atoms with E-state index in [-0.39, 0.29) is 24.8 Å². The van der Waals surface area contributed by atoms with Gasteiger partial charge in [0.1, 0.15) is 18.1 Å². The van der Waals surface area contributed by atoms with Gasteiger partial charge in [-0.2, -0.15) is 16.9 Å². The average molecular weight is 451 g/mol. The third-order valence-corrected chi connectivity index (χ3v) is 6.07. The van der Waals surface area contributed by atoms with Crippen molar-refractivity contribution in [2.45, 2.75) is 37.9 Å². The van der Waals surface area contributed by atoms with Crippen LogP contribution in [0.3, 0.4) is 0 Å². The van der Waals surface area contributed by atoms with E-state index in [1.165, 1.54) is 0 Å². The number of amides is 2. The number of rotatable bonds is 9. The number of hydrogen-bond donors (Lipinski definition) is 2. The summed E-state index contributed by atoms with van der Waals surface area (Å²) in [7, 11) is 0. The third kappa shape index (κ3) is 5.50. The molecule has 3 aromatic rings. The zero-order valence-corrected chi connectivity index (χ0v) is 18.8. The van der Waals surface area contributed by atoms with Crippen LogP contribution in [0.1, 0.15) is 29.3 Å². The first-order chi connectivity index (χ1) is 15.6. The first kappa shape index (κ1) is 22.0. The maximum atomic E-state index is 12.7. The molecule has 1 aliphatic rings. The zero-order valence-electron chi connectivity index (χ0n) is 18.0. The summed E-state index contributed by atoms with van der Waals surface area (Å²) in [5, 5.41) is 10.5. The fourth-order valence-electron chi connectivity index (χ4n) is 3.54. The van der Waals surface area contributed by atoms with Gasteiger partial charge in [0.15, 0.2) is 0 Å². The molecule has 0 aliphatic carbocycles. The number of anilines is 1. The van der Waals surface area contributed by atoms with Crippen molar-refractivity contribution < 1.29 is 14.3 Å². The minimum absolute atomic E-state index is 0.0587. The van der Waals surface area contributed by atoms with Crippen molar-refractivity contribution in [2.24, 2.45) is 0 Å². The molecular weight excluding hydrogens is 424 g/mol. The molecule has 0 bridgehead atoms. The summed E-state index contributed by atoms with van der Waals surface area (Å²) in [6.07, 6.45) is 0.236. The maximum absolute atomic E-state index is 12.7. The highest BCUT2D eigenvalue weighted by atomic mass is 32.2. The van der Waals surface area contributed by atoms with E-state index in [1.54, 1.807) is 16.4 Å². The van der Waals surface area contributed by atoms with Crippen molar-refractivity contribution >= 4 is 29.4 Å². The Labute approximate surface area is 191 Å². The number of carbonyl (C=O) groups excluding carboxylic acids is 2. The number of thioether (sulfide) groups is 1. The molecule has 0 radical (unpaired) electrons. The Morgan fingerprint density at radius 2 is 1.81 bits per heavy atom. The Balaban J connectivity index is 1.40. The summed E-state index contributed by atoms with van der Waals surface area (Å²) in [5.74, 6) is 2.68. The Bertz CT molecular complexity index is 1080. The number of nitrogens with one attached hydrogen (secondary N) is 2. The molecular formula is C24H26N4O3S. The topological polar surface area (TPSA) is 85.2 Å². The maximum Gasteiger partial charge on any atom is 0.242 e. The summed E-state index contributed by atoms with van der Waals surface area (Å²) >= 11 is 1.75. The van der Waals surface area contributed by atoms with Crippen LogP contribution in [0.4, 0.5) is 5.82 Å². The van der Waals surface area contributed by atoms with Gasteiger partial charge in [-0.3, -0.25) is 9.59 Å². The van der Waals surface area contributed by atoms with E-state index in [4.69, 9.17) is 4.74 Å². The summed E-state index contributed by atoms with van der Waals surface area (Å²) in [5.41, 5.74) is 3.86. The van der Waals surface area contributed by atoms with E-state index in [9.17, 15) is 9.59 Å². The van der Waals surface area contributed by atoms with Crippen LogP contribution in [-0.4, -0.2) is 28.2 Å². The molecule has 2 amide bonds. The summed E-state index contributed by atoms with van der Waals surface area (Å²) in [6, 6.07) is 17.3. The van der Waals surface area contributed by atoms with Gasteiger partial charge in [-0.25, -0.2) is 4.68 Å². The number of hydrogen-bond acceptors (Lipinski definition) is 5. The minimum atomic E-state index is -0.148. The van der Waals surface area contributed by atoms with E-state index in [0.717, 1.165) is 39.6 Å². The van der Waals surface area contributed by atoms with Crippen molar-refractivity contribution in [1.29, 1.82) is 0 Å². The Morgan fingerprint density at radius 3 is 2.56 bits per heavy atom. The monoisotopic (exact) mass is 450 g/mol. The number of aromatic nitrogens is 2. The van der Waals surface area contributed by atoms with E-state index in [1.807, 2.05) is 61.5 Å². The zero-order chi connectivity index (χ0) is 22.3. The quantitative estimate of drug-likeness (QED) is 0.521. The predicted molar refractivity (Wildman–Crippen MR) is 125 cm³/mol. The van der Waals surface area contributed by atoms with Gasteiger partial charge in [0.05, 0.1) is 18.7 Å². The van der Waals surface area contributed by atoms with Gasteiger partial charge in [-0.05, 0) is 30.2 Å². The molecule has 32 heavy (non-hydrogen) atoms. The molecule has 2 N–H and O–H groups in total. The lowest BCUT2D eigenvalue weighted by molar-refractivity contribution is -0.122. The van der Waals surface area contributed by atoms with Crippen LogP contribution in [0.15, 0.2) is 54.6 Å². The Morgan fingerprint density at radius 1 is 1.03 bits per heavy atom. The van der Waals surface area contributed by atoms with Crippen molar-refractivity contribution in [2.75, 3.05) is 11.9 Å². The summed E-state index contributed by atoms with van der Waals surface area (Å²) in [6.45, 7) is 3.05. The highest BCUT2D eigenvalue weighted by Crippen LogP contribution is 2.34. The molecule has 0 saturated heterocycles. The standard InChI is InChI=1S/C24H26N4O3S/c1-2-31-19-10-8-17(9-11-19)12-22(29)26-24-20-15-32-16-21(20)27-28(24)14-23(30)25-13-18-6-4-3-5-7-18/h3-11H,2,12-16H2,1H3,(H,25,30)(H,26,29). The molecule has 4 rings (SSSR count). The van der Waals surface area contributed by atoms with Gasteiger partial charge in [-0.15, -0.1) is 0 Å². The van der Waals surface area contributed by atoms with Crippen molar-refractivity contribution in [3.05, 3.63) is 77.0 Å². The molecule has 0 saturated carbocycles. The molecule has 0 fully saturated rings. The number of ether oxygens (including phenoxy) is 1. The molecule has 2 heterocycles. The van der Waals surface area contributed by atoms with Gasteiger partial charge >= 0.3 is 0 Å². The number of nitrogens with zero attached hydrogens (tertiary/aromatic N) is 2. The smallest absolute Gasteiger partial charge is 0.242 e. The van der Waals surface area contributed by atoms with Crippen LogP contribution < -0.4 is 15.4 Å². The van der Waals surface area contributed by atoms with Gasteiger partial charge in [0, 0.05) is 23.6 Å². The second kappa shape index (κ2) is 10.4. The molecule has 1 aromatic heterocycles. The SMILES string of the molecule is CCOc1ccc(CC(=O)Nc2c3c(nn2CC(=O)NCc2ccccc2)CSC3)cc1. The van der Waals surface area contributed by atoms with Gasteiger partial charge in [0.2, 0.25) is 11.8 Å². The average Bonchev–Trinajstić information content (AvgIpc) is 3.37. The molecule has 7 nitrogen and oxygen atoms in total. The highest BCUT2D eigenvalue weighted by Gasteiger charge is 2.25. The van der Waals surface area contributed by atoms with Crippen LogP contribution in [0.25, 0.3) is 0 Å². The van der Waals surface area contributed by atoms with E-state index >= 15 is 0 Å². The largest absolute Gasteiger partial charge is 0.494 e. The van der Waals surface area contributed by atoms with E-state index < -0.39 is 0 Å². The lowest BCUT2D eigenvalue weighted by Crippen LogP contribution is -2.29. The molecule has 166 valence electrons. The van der Waals surface area contributed by atoms with Gasteiger partial charge < -0.3 is 15.4 Å². The molecule has 0 spiro atoms. The summed E-state index contributed by atoms with van der Waals surface area (Å²) in [4.78, 5) is 25.3. The summed E-state index contributed by atoms with van der Waals surface area (Å²) < 4.78 is 7.06. The molecule has 0 unspecified atom stereocenters. The first-order valence-electron chi connectivity index (χ1n) is 10.6. The van der Waals surface area contributed by atoms with Crippen molar-refractivity contribution in [1.82, 2.24) is 15.1 Å². The van der Waals surface area contributed by atoms with Crippen LogP contribution >= 0.6 is 11.8 Å². The normalized spacial score (nSPS) is 12.3. The van der Waals surface area contributed by atoms with Crippen LogP contribution in [0.5, 0.6) is 5.75 Å². The second-order valence-corrected chi connectivity index (χ2v) is 8.47. The molecule has 8 heteroatoms. The molecule has 1 aliphatic heterocycles. The van der Waals surface area contributed by atoms with Gasteiger partial charge in [-0.1, -0.05) is 42.5 Å².